The fourth-order valence-electron chi connectivity index (χ4n) is 12.7. The summed E-state index contributed by atoms with van der Waals surface area (Å²) in [5.74, 6) is 0.382. The Labute approximate surface area is 531 Å². The highest BCUT2D eigenvalue weighted by Crippen LogP contribution is 2.50. The second kappa shape index (κ2) is 20.1. The van der Waals surface area contributed by atoms with Crippen LogP contribution in [0.5, 0.6) is 0 Å². The van der Waals surface area contributed by atoms with E-state index < -0.39 is 36.3 Å². The van der Waals surface area contributed by atoms with Gasteiger partial charge < -0.3 is 4.98 Å². The summed E-state index contributed by atoms with van der Waals surface area (Å²) in [5.41, 5.74) is 5.04. The molecule has 11 heteroatoms. The molecule has 20 rings (SSSR count). The molecule has 0 amide bonds. The third kappa shape index (κ3) is 7.89. The summed E-state index contributed by atoms with van der Waals surface area (Å²) in [7, 11) is 0. The van der Waals surface area contributed by atoms with Crippen molar-refractivity contribution in [1.82, 2.24) is 29.5 Å². The standard InChI is InChI=1S/C38H21N3S2.C22H13NS.C16H9ClN2S/c1-2-12-22(13-3-1)34-32-27-18-8-11-21-30(27)43-37(32)40-38(39-34)41-28-19-9-6-16-25(28)33-35(41)24-15-5-4-14-23(24)31-26-17-7-10-20-29(26)42-36(31)33;1-2-8-14-13(7-1)19-16-10-4-6-12-18(16)24-22(19)20-15-9-3-5-11-17(15)23-21(14)20;17-16-18-14(10-6-2-1-3-7-10)13-11-8-4-5-9-12(11)20-15(13)19-16/h1-21H;1-12,23H;1-9H/i1D,2D,3D,12D,13D;;1D,2D,3D,6D,7D. The molecule has 0 atom stereocenters. The predicted molar refractivity (Wildman–Crippen MR) is 377 cm³/mol. The van der Waals surface area contributed by atoms with Crippen LogP contribution in [0.1, 0.15) is 13.7 Å². The zero-order valence-corrected chi connectivity index (χ0v) is 49.2. The summed E-state index contributed by atoms with van der Waals surface area (Å²) in [6.45, 7) is 0. The normalized spacial score (nSPS) is 13.6. The minimum Gasteiger partial charge on any atom is -0.354 e. The number of para-hydroxylation sites is 2. The first-order valence-electron chi connectivity index (χ1n) is 32.9. The Hall–Kier alpha value is -9.91. The van der Waals surface area contributed by atoms with Crippen molar-refractivity contribution in [3.05, 3.63) is 260 Å². The lowest BCUT2D eigenvalue weighted by atomic mass is 10.00. The molecule has 20 aromatic rings. The van der Waals surface area contributed by atoms with Gasteiger partial charge in [-0.3, -0.25) is 4.57 Å². The molecule has 0 unspecified atom stereocenters. The van der Waals surface area contributed by atoms with Gasteiger partial charge in [-0.05, 0) is 58.8 Å². The van der Waals surface area contributed by atoms with E-state index in [1.54, 1.807) is 11.3 Å². The molecule has 0 spiro atoms. The van der Waals surface area contributed by atoms with Crippen LogP contribution in [-0.2, 0) is 0 Å². The van der Waals surface area contributed by atoms with Crippen LogP contribution in [0.2, 0.25) is 5.28 Å². The summed E-state index contributed by atoms with van der Waals surface area (Å²) >= 11 is 12.7. The Morgan fingerprint density at radius 3 is 1.37 bits per heavy atom. The van der Waals surface area contributed by atoms with E-state index in [4.69, 9.17) is 35.3 Å². The van der Waals surface area contributed by atoms with Gasteiger partial charge in [0, 0.05) is 120 Å². The number of nitrogens with zero attached hydrogens (tertiary/aromatic N) is 5. The van der Waals surface area contributed by atoms with Crippen LogP contribution in [0.3, 0.4) is 0 Å². The number of halogens is 1. The zero-order valence-electron chi connectivity index (χ0n) is 55.2. The van der Waals surface area contributed by atoms with Crippen LogP contribution < -0.4 is 0 Å². The van der Waals surface area contributed by atoms with E-state index in [0.717, 1.165) is 52.8 Å². The summed E-state index contributed by atoms with van der Waals surface area (Å²) in [6, 6.07) is 63.2. The van der Waals surface area contributed by atoms with Crippen LogP contribution in [0.4, 0.5) is 0 Å². The molecular formula is C76H43ClN6S4. The van der Waals surface area contributed by atoms with Crippen molar-refractivity contribution in [3.8, 4) is 28.5 Å². The molecule has 0 aliphatic heterocycles. The number of rotatable bonds is 3. The van der Waals surface area contributed by atoms with Crippen molar-refractivity contribution >= 4 is 203 Å². The maximum absolute atomic E-state index is 8.93. The van der Waals surface area contributed by atoms with Crippen LogP contribution in [0.15, 0.2) is 255 Å². The largest absolute Gasteiger partial charge is 0.354 e. The van der Waals surface area contributed by atoms with Gasteiger partial charge in [-0.15, -0.1) is 45.3 Å². The van der Waals surface area contributed by atoms with Gasteiger partial charge in [-0.25, -0.2) is 19.9 Å². The topological polar surface area (TPSA) is 72.3 Å². The maximum atomic E-state index is 8.93. The molecular weight excluding hydrogens is 1160 g/mol. The number of thiophene rings is 4. The second-order valence-electron chi connectivity index (χ2n) is 21.0. The fourth-order valence-corrected chi connectivity index (χ4v) is 17.7. The maximum Gasteiger partial charge on any atom is 0.236 e. The number of aromatic nitrogens is 6. The molecule has 408 valence electrons. The highest BCUT2D eigenvalue weighted by molar-refractivity contribution is 7.28. The molecule has 0 saturated carbocycles. The first kappa shape index (κ1) is 41.2. The first-order valence-corrected chi connectivity index (χ1v) is 31.5. The lowest BCUT2D eigenvalue weighted by molar-refractivity contribution is 1.02. The smallest absolute Gasteiger partial charge is 0.236 e. The number of aromatic amines is 1. The lowest BCUT2D eigenvalue weighted by Gasteiger charge is -2.12. The highest BCUT2D eigenvalue weighted by Gasteiger charge is 2.25. The van der Waals surface area contributed by atoms with Crippen LogP contribution in [-0.4, -0.2) is 29.5 Å². The number of H-pyrrole nitrogens is 1. The Morgan fingerprint density at radius 2 is 0.782 bits per heavy atom. The van der Waals surface area contributed by atoms with Gasteiger partial charge in [-0.1, -0.05) is 218 Å². The van der Waals surface area contributed by atoms with Gasteiger partial charge >= 0.3 is 0 Å². The van der Waals surface area contributed by atoms with E-state index in [0.29, 0.717) is 32.1 Å². The minimum absolute atomic E-state index is 0.0270. The van der Waals surface area contributed by atoms with E-state index in [1.807, 2.05) is 65.9 Å². The monoisotopic (exact) mass is 1210 g/mol. The molecule has 0 radical (unpaired) electrons. The van der Waals surface area contributed by atoms with Crippen molar-refractivity contribution < 1.29 is 13.7 Å². The van der Waals surface area contributed by atoms with Gasteiger partial charge in [0.05, 0.1) is 41.6 Å². The van der Waals surface area contributed by atoms with E-state index >= 15 is 0 Å². The van der Waals surface area contributed by atoms with Crippen molar-refractivity contribution in [2.45, 2.75) is 0 Å². The average molecular weight is 1210 g/mol. The van der Waals surface area contributed by atoms with Crippen molar-refractivity contribution in [2.24, 2.45) is 0 Å². The third-order valence-corrected chi connectivity index (χ3v) is 20.9. The summed E-state index contributed by atoms with van der Waals surface area (Å²) in [5, 5.41) is 17.9. The number of hydrogen-bond donors (Lipinski definition) is 1. The predicted octanol–water partition coefficient (Wildman–Crippen LogP) is 23.1. The van der Waals surface area contributed by atoms with E-state index in [1.165, 1.54) is 95.6 Å². The molecule has 8 heterocycles. The molecule has 12 aromatic carbocycles. The molecule has 1 N–H and O–H groups in total. The molecule has 0 aliphatic rings. The average Bonchev–Trinajstić information content (AvgIpc) is 1.66. The highest BCUT2D eigenvalue weighted by atomic mass is 35.5. The Bertz CT molecular complexity index is 6780. The molecule has 0 aliphatic carbocycles. The van der Waals surface area contributed by atoms with Gasteiger partial charge in [0.25, 0.3) is 0 Å². The molecule has 8 aromatic heterocycles. The van der Waals surface area contributed by atoms with E-state index in [2.05, 4.69) is 159 Å². The minimum atomic E-state index is -0.440. The van der Waals surface area contributed by atoms with Gasteiger partial charge in [0.15, 0.2) is 0 Å². The number of fused-ring (bicyclic) bond motifs is 26. The Morgan fingerprint density at radius 1 is 0.356 bits per heavy atom. The van der Waals surface area contributed by atoms with Crippen LogP contribution in [0.25, 0.3) is 175 Å². The summed E-state index contributed by atoms with van der Waals surface area (Å²) in [6.07, 6.45) is 0. The number of hydrogen-bond acceptors (Lipinski definition) is 8. The quantitative estimate of drug-likeness (QED) is 0.179. The molecule has 0 saturated heterocycles. The molecule has 87 heavy (non-hydrogen) atoms. The zero-order chi connectivity index (χ0) is 66.0. The molecule has 6 nitrogen and oxygen atoms in total. The Kier molecular flexibility index (Phi) is 9.52. The SMILES string of the molecule is [2H]c1c([2H])c([2H])c(-c2nc(-n3c4ccccc4c4c5sc6ccccc6c5c5ccccc5c43)nc3sc4ccccc4c23)c([2H])c1[2H].[2H]c1c([2H])c([2H])c(-c2nc(Cl)nc3sc4ccccc4c23)c([2H])c1[2H].c1ccc2c(c1)[nH]c1c3ccccc3c3c4ccccc4sc3c21. The van der Waals surface area contributed by atoms with Crippen molar-refractivity contribution in [3.63, 3.8) is 0 Å². The fraction of sp³-hybridized carbons (Fsp3) is 0. The number of nitrogens with one attached hydrogen (secondary N) is 1. The Balaban J connectivity index is 0.000000117. The molecule has 0 fully saturated rings. The van der Waals surface area contributed by atoms with Gasteiger partial charge in [-0.2, -0.15) is 0 Å². The van der Waals surface area contributed by atoms with Gasteiger partial charge in [0.1, 0.15) is 9.66 Å². The van der Waals surface area contributed by atoms with Gasteiger partial charge in [0.2, 0.25) is 11.2 Å². The number of benzene rings is 12. The summed E-state index contributed by atoms with van der Waals surface area (Å²) < 4.78 is 92.2. The van der Waals surface area contributed by atoms with Crippen LogP contribution in [0, 0.1) is 0 Å². The van der Waals surface area contributed by atoms with Crippen molar-refractivity contribution in [1.29, 1.82) is 0 Å². The van der Waals surface area contributed by atoms with E-state index in [9.17, 15) is 0 Å². The first-order chi connectivity index (χ1) is 47.2. The second-order valence-corrected chi connectivity index (χ2v) is 25.5. The summed E-state index contributed by atoms with van der Waals surface area (Å²) in [4.78, 5) is 23.8. The lowest BCUT2D eigenvalue weighted by Crippen LogP contribution is -2.03. The van der Waals surface area contributed by atoms with Crippen molar-refractivity contribution in [2.75, 3.05) is 0 Å². The van der Waals surface area contributed by atoms with E-state index in [-0.39, 0.29) is 46.3 Å². The van der Waals surface area contributed by atoms with Crippen LogP contribution >= 0.6 is 56.9 Å². The molecule has 0 bridgehead atoms. The third-order valence-electron chi connectivity index (χ3n) is 16.3.